The quantitative estimate of drug-likeness (QED) is 0.805. The van der Waals surface area contributed by atoms with Crippen molar-refractivity contribution in [2.75, 3.05) is 20.1 Å². The molecule has 0 bridgehead atoms. The summed E-state index contributed by atoms with van der Waals surface area (Å²) in [6, 6.07) is 4.96. The molecule has 0 aliphatic rings. The van der Waals surface area contributed by atoms with Gasteiger partial charge in [0.05, 0.1) is 4.90 Å². The molecule has 0 aliphatic heterocycles. The van der Waals surface area contributed by atoms with Crippen molar-refractivity contribution < 1.29 is 8.42 Å². The third-order valence-electron chi connectivity index (χ3n) is 2.11. The van der Waals surface area contributed by atoms with Crippen LogP contribution < -0.4 is 10.0 Å². The molecule has 0 aliphatic carbocycles. The summed E-state index contributed by atoms with van der Waals surface area (Å²) in [6.45, 7) is 2.85. The third-order valence-corrected chi connectivity index (χ3v) is 4.46. The minimum absolute atomic E-state index is 0.296. The number of rotatable bonds is 5. The summed E-state index contributed by atoms with van der Waals surface area (Å²) in [6.07, 6.45) is 0. The van der Waals surface area contributed by atoms with E-state index in [4.69, 9.17) is 0 Å². The Hall–Kier alpha value is -0.430. The van der Waals surface area contributed by atoms with Crippen LogP contribution in [0.3, 0.4) is 0 Å². The lowest BCUT2D eigenvalue weighted by Gasteiger charge is -2.07. The zero-order valence-electron chi connectivity index (χ0n) is 9.25. The summed E-state index contributed by atoms with van der Waals surface area (Å²) < 4.78 is 27.1. The molecule has 0 fully saturated rings. The number of hydrogen-bond acceptors (Lipinski definition) is 3. The van der Waals surface area contributed by atoms with E-state index in [9.17, 15) is 8.42 Å². The predicted molar refractivity (Wildman–Crippen MR) is 68.0 cm³/mol. The molecule has 0 amide bonds. The summed E-state index contributed by atoms with van der Waals surface area (Å²) in [5, 5.41) is 2.88. The molecule has 0 atom stereocenters. The highest BCUT2D eigenvalue weighted by Crippen LogP contribution is 2.19. The van der Waals surface area contributed by atoms with Crippen LogP contribution in [-0.4, -0.2) is 28.6 Å². The van der Waals surface area contributed by atoms with Gasteiger partial charge in [0.15, 0.2) is 0 Å². The van der Waals surface area contributed by atoms with E-state index >= 15 is 0 Å². The van der Waals surface area contributed by atoms with E-state index in [-0.39, 0.29) is 0 Å². The topological polar surface area (TPSA) is 58.2 Å². The Kier molecular flexibility index (Phi) is 4.91. The van der Waals surface area contributed by atoms with E-state index < -0.39 is 10.0 Å². The van der Waals surface area contributed by atoms with Gasteiger partial charge >= 0.3 is 0 Å². The molecule has 0 aromatic heterocycles. The van der Waals surface area contributed by atoms with Gasteiger partial charge in [-0.3, -0.25) is 0 Å². The van der Waals surface area contributed by atoms with Gasteiger partial charge in [0.1, 0.15) is 0 Å². The number of nitrogens with one attached hydrogen (secondary N) is 2. The lowest BCUT2D eigenvalue weighted by atomic mass is 10.2. The Morgan fingerprint density at radius 3 is 2.56 bits per heavy atom. The zero-order valence-corrected chi connectivity index (χ0v) is 11.7. The van der Waals surface area contributed by atoms with Crippen LogP contribution in [0.4, 0.5) is 0 Å². The molecule has 6 heteroatoms. The first-order valence-electron chi connectivity index (χ1n) is 4.88. The van der Waals surface area contributed by atoms with Gasteiger partial charge in [-0.05, 0) is 37.7 Å². The van der Waals surface area contributed by atoms with Gasteiger partial charge in [0, 0.05) is 17.6 Å². The van der Waals surface area contributed by atoms with Crippen LogP contribution in [0.2, 0.25) is 0 Å². The maximum absolute atomic E-state index is 11.8. The molecule has 0 unspecified atom stereocenters. The third kappa shape index (κ3) is 3.55. The highest BCUT2D eigenvalue weighted by molar-refractivity contribution is 9.10. The average molecular weight is 307 g/mol. The van der Waals surface area contributed by atoms with Crippen molar-refractivity contribution in [2.45, 2.75) is 11.8 Å². The van der Waals surface area contributed by atoms with Gasteiger partial charge in [0.25, 0.3) is 0 Å². The smallest absolute Gasteiger partial charge is 0.240 e. The minimum Gasteiger partial charge on any atom is -0.318 e. The maximum Gasteiger partial charge on any atom is 0.240 e. The van der Waals surface area contributed by atoms with Crippen molar-refractivity contribution in [1.82, 2.24) is 10.0 Å². The molecule has 2 N–H and O–H groups in total. The maximum atomic E-state index is 11.8. The minimum atomic E-state index is -3.38. The van der Waals surface area contributed by atoms with Crippen LogP contribution in [0.15, 0.2) is 27.6 Å². The first-order valence-corrected chi connectivity index (χ1v) is 7.15. The summed E-state index contributed by atoms with van der Waals surface area (Å²) in [5.74, 6) is 0. The molecule has 0 radical (unpaired) electrons. The number of likely N-dealkylation sites (N-methyl/N-ethyl adjacent to an activating group) is 1. The molecule has 1 aromatic carbocycles. The van der Waals surface area contributed by atoms with Crippen molar-refractivity contribution in [1.29, 1.82) is 0 Å². The van der Waals surface area contributed by atoms with Crippen molar-refractivity contribution >= 4 is 26.0 Å². The van der Waals surface area contributed by atoms with Gasteiger partial charge < -0.3 is 5.32 Å². The van der Waals surface area contributed by atoms with E-state index in [2.05, 4.69) is 26.0 Å². The zero-order chi connectivity index (χ0) is 12.2. The highest BCUT2D eigenvalue weighted by Gasteiger charge is 2.13. The SMILES string of the molecule is CNCCNS(=O)(=O)c1ccc(Br)c(C)c1. The van der Waals surface area contributed by atoms with Gasteiger partial charge in [-0.15, -0.1) is 0 Å². The summed E-state index contributed by atoms with van der Waals surface area (Å²) in [5.41, 5.74) is 0.900. The van der Waals surface area contributed by atoms with Gasteiger partial charge in [-0.2, -0.15) is 0 Å². The second kappa shape index (κ2) is 5.77. The molecule has 0 heterocycles. The van der Waals surface area contributed by atoms with Crippen LogP contribution in [0.5, 0.6) is 0 Å². The molecule has 16 heavy (non-hydrogen) atoms. The van der Waals surface area contributed by atoms with Gasteiger partial charge in [-0.25, -0.2) is 13.1 Å². The number of halogens is 1. The monoisotopic (exact) mass is 306 g/mol. The molecule has 0 saturated carbocycles. The number of benzene rings is 1. The van der Waals surface area contributed by atoms with E-state index in [0.29, 0.717) is 18.0 Å². The number of aryl methyl sites for hydroxylation is 1. The fourth-order valence-electron chi connectivity index (χ4n) is 1.18. The van der Waals surface area contributed by atoms with Crippen LogP contribution in [0, 0.1) is 6.92 Å². The molecule has 90 valence electrons. The molecule has 1 aromatic rings. The summed E-state index contributed by atoms with van der Waals surface area (Å²) in [7, 11) is -1.61. The molecule has 1 rings (SSSR count). The standard InChI is InChI=1S/C10H15BrN2O2S/c1-8-7-9(3-4-10(8)11)16(14,15)13-6-5-12-2/h3-4,7,12-13H,5-6H2,1-2H3. The van der Waals surface area contributed by atoms with Crippen molar-refractivity contribution in [3.63, 3.8) is 0 Å². The van der Waals surface area contributed by atoms with E-state index in [1.54, 1.807) is 25.2 Å². The Labute approximate surface area is 105 Å². The van der Waals surface area contributed by atoms with Crippen LogP contribution in [0.25, 0.3) is 0 Å². The van der Waals surface area contributed by atoms with Gasteiger partial charge in [0.2, 0.25) is 10.0 Å². The second-order valence-electron chi connectivity index (χ2n) is 3.41. The molecular weight excluding hydrogens is 292 g/mol. The second-order valence-corrected chi connectivity index (χ2v) is 6.03. The molecule has 4 nitrogen and oxygen atoms in total. The number of hydrogen-bond donors (Lipinski definition) is 2. The predicted octanol–water partition coefficient (Wildman–Crippen LogP) is 1.26. The van der Waals surface area contributed by atoms with Crippen LogP contribution in [-0.2, 0) is 10.0 Å². The summed E-state index contributed by atoms with van der Waals surface area (Å²) in [4.78, 5) is 0.296. The lowest BCUT2D eigenvalue weighted by Crippen LogP contribution is -2.30. The molecule has 0 spiro atoms. The van der Waals surface area contributed by atoms with E-state index in [1.807, 2.05) is 6.92 Å². The Bertz CT molecular complexity index is 460. The molecular formula is C10H15BrN2O2S. The molecule has 0 saturated heterocycles. The van der Waals surface area contributed by atoms with Gasteiger partial charge in [-0.1, -0.05) is 15.9 Å². The number of sulfonamides is 1. The van der Waals surface area contributed by atoms with E-state index in [0.717, 1.165) is 10.0 Å². The Morgan fingerprint density at radius 1 is 1.31 bits per heavy atom. The average Bonchev–Trinajstić information content (AvgIpc) is 2.22. The van der Waals surface area contributed by atoms with Crippen molar-refractivity contribution in [3.05, 3.63) is 28.2 Å². The Morgan fingerprint density at radius 2 is 2.00 bits per heavy atom. The van der Waals surface area contributed by atoms with Crippen LogP contribution in [0.1, 0.15) is 5.56 Å². The van der Waals surface area contributed by atoms with E-state index in [1.165, 1.54) is 0 Å². The van der Waals surface area contributed by atoms with Crippen LogP contribution >= 0.6 is 15.9 Å². The fraction of sp³-hybridized carbons (Fsp3) is 0.400. The Balaban J connectivity index is 2.86. The normalized spacial score (nSPS) is 11.7. The highest BCUT2D eigenvalue weighted by atomic mass is 79.9. The van der Waals surface area contributed by atoms with Crippen molar-refractivity contribution in [3.8, 4) is 0 Å². The first-order chi connectivity index (χ1) is 7.47. The van der Waals surface area contributed by atoms with Crippen molar-refractivity contribution in [2.24, 2.45) is 0 Å². The fourth-order valence-corrected chi connectivity index (χ4v) is 2.54. The lowest BCUT2D eigenvalue weighted by molar-refractivity contribution is 0.579. The first kappa shape index (κ1) is 13.6. The summed E-state index contributed by atoms with van der Waals surface area (Å²) >= 11 is 3.33. The largest absolute Gasteiger partial charge is 0.318 e.